The quantitative estimate of drug-likeness (QED) is 0.813. The molecule has 3 atom stereocenters. The van der Waals surface area contributed by atoms with E-state index < -0.39 is 0 Å². The first-order valence-electron chi connectivity index (χ1n) is 10.6. The number of hydrogen-bond donors (Lipinski definition) is 0. The average molecular weight is 370 g/mol. The van der Waals surface area contributed by atoms with Gasteiger partial charge in [-0.2, -0.15) is 0 Å². The molecule has 5 saturated heterocycles. The van der Waals surface area contributed by atoms with Gasteiger partial charge in [-0.1, -0.05) is 29.8 Å². The fraction of sp³-hybridized carbons (Fsp3) is 0.682. The molecule has 5 heteroatoms. The molecule has 1 aromatic rings. The molecule has 0 unspecified atom stereocenters. The zero-order valence-electron chi connectivity index (χ0n) is 16.3. The molecule has 1 aromatic carbocycles. The van der Waals surface area contributed by atoms with Gasteiger partial charge in [-0.3, -0.25) is 14.6 Å². The predicted molar refractivity (Wildman–Crippen MR) is 105 cm³/mol. The lowest BCUT2D eigenvalue weighted by molar-refractivity contribution is -0.137. The molecule has 0 radical (unpaired) electrons. The van der Waals surface area contributed by atoms with Crippen molar-refractivity contribution in [1.29, 1.82) is 0 Å². The highest BCUT2D eigenvalue weighted by molar-refractivity contribution is 5.78. The number of benzene rings is 1. The van der Waals surface area contributed by atoms with Gasteiger partial charge in [0.1, 0.15) is 0 Å². The van der Waals surface area contributed by atoms with Crippen LogP contribution in [0, 0.1) is 12.8 Å². The summed E-state index contributed by atoms with van der Waals surface area (Å²) >= 11 is 0. The molecule has 5 fully saturated rings. The number of ether oxygens (including phenoxy) is 1. The maximum Gasteiger partial charge on any atom is 0.236 e. The molecular weight excluding hydrogens is 338 g/mol. The Kier molecular flexibility index (Phi) is 4.70. The standard InChI is InChI=1S/C22H31N3O2/c1-16-2-4-17(5-3-16)19-14-25(15-20(26)23-10-12-27-13-11-23)21-18-6-8-24(9-7-18)22(19)21/h2-5,18-19,21-22H,6-15H2,1H3/t19-,21-,22-/m0/s1. The van der Waals surface area contributed by atoms with Gasteiger partial charge in [0.05, 0.1) is 19.8 Å². The van der Waals surface area contributed by atoms with E-state index in [0.717, 1.165) is 25.6 Å². The molecule has 0 aromatic heterocycles. The summed E-state index contributed by atoms with van der Waals surface area (Å²) in [4.78, 5) is 20.2. The minimum absolute atomic E-state index is 0.290. The van der Waals surface area contributed by atoms with Gasteiger partial charge in [0.2, 0.25) is 5.91 Å². The van der Waals surface area contributed by atoms with Crippen LogP contribution in [0.1, 0.15) is 29.9 Å². The van der Waals surface area contributed by atoms with Crippen LogP contribution in [0.2, 0.25) is 0 Å². The molecule has 5 nitrogen and oxygen atoms in total. The van der Waals surface area contributed by atoms with Crippen LogP contribution in [0.5, 0.6) is 0 Å². The first-order valence-corrected chi connectivity index (χ1v) is 10.6. The predicted octanol–water partition coefficient (Wildman–Crippen LogP) is 1.72. The van der Waals surface area contributed by atoms with Gasteiger partial charge >= 0.3 is 0 Å². The van der Waals surface area contributed by atoms with Crippen LogP contribution >= 0.6 is 0 Å². The molecule has 146 valence electrons. The first-order chi connectivity index (χ1) is 13.2. The molecule has 5 aliphatic rings. The Hall–Kier alpha value is -1.43. The van der Waals surface area contributed by atoms with Gasteiger partial charge in [0.15, 0.2) is 0 Å². The topological polar surface area (TPSA) is 36.0 Å². The number of nitrogens with zero attached hydrogens (tertiary/aromatic N) is 3. The van der Waals surface area contributed by atoms with Crippen molar-refractivity contribution in [2.24, 2.45) is 5.92 Å². The lowest BCUT2D eigenvalue weighted by Crippen LogP contribution is -2.61. The Morgan fingerprint density at radius 3 is 2.44 bits per heavy atom. The van der Waals surface area contributed by atoms with Crippen molar-refractivity contribution in [2.45, 2.75) is 37.8 Å². The maximum atomic E-state index is 12.9. The average Bonchev–Trinajstić information content (AvgIpc) is 3.11. The van der Waals surface area contributed by atoms with Gasteiger partial charge in [0.25, 0.3) is 0 Å². The fourth-order valence-corrected chi connectivity index (χ4v) is 5.92. The molecule has 2 bridgehead atoms. The Bertz CT molecular complexity index is 677. The van der Waals surface area contributed by atoms with Crippen molar-refractivity contribution in [2.75, 3.05) is 52.5 Å². The van der Waals surface area contributed by atoms with Crippen LogP contribution in [-0.2, 0) is 9.53 Å². The number of carbonyl (C=O) groups excluding carboxylic acids is 1. The van der Waals surface area contributed by atoms with Crippen molar-refractivity contribution >= 4 is 5.91 Å². The van der Waals surface area contributed by atoms with E-state index in [2.05, 4.69) is 41.0 Å². The summed E-state index contributed by atoms with van der Waals surface area (Å²) in [7, 11) is 0. The zero-order valence-corrected chi connectivity index (χ0v) is 16.3. The number of carbonyl (C=O) groups is 1. The minimum Gasteiger partial charge on any atom is -0.378 e. The van der Waals surface area contributed by atoms with E-state index in [-0.39, 0.29) is 5.91 Å². The van der Waals surface area contributed by atoms with E-state index in [9.17, 15) is 4.79 Å². The summed E-state index contributed by atoms with van der Waals surface area (Å²) in [6.45, 7) is 9.07. The fourth-order valence-electron chi connectivity index (χ4n) is 5.92. The maximum absolute atomic E-state index is 12.9. The monoisotopic (exact) mass is 369 g/mol. The second-order valence-electron chi connectivity index (χ2n) is 8.79. The van der Waals surface area contributed by atoms with E-state index >= 15 is 0 Å². The Morgan fingerprint density at radius 1 is 1.04 bits per heavy atom. The molecule has 0 saturated carbocycles. The highest BCUT2D eigenvalue weighted by Gasteiger charge is 2.53. The van der Waals surface area contributed by atoms with Crippen LogP contribution in [0.25, 0.3) is 0 Å². The van der Waals surface area contributed by atoms with Gasteiger partial charge in [-0.15, -0.1) is 0 Å². The molecule has 5 aliphatic heterocycles. The van der Waals surface area contributed by atoms with Gasteiger partial charge in [0, 0.05) is 37.6 Å². The van der Waals surface area contributed by atoms with Crippen molar-refractivity contribution in [3.05, 3.63) is 35.4 Å². The summed E-state index contributed by atoms with van der Waals surface area (Å²) in [5.41, 5.74) is 2.77. The van der Waals surface area contributed by atoms with E-state index in [4.69, 9.17) is 4.74 Å². The van der Waals surface area contributed by atoms with E-state index in [1.165, 1.54) is 37.1 Å². The van der Waals surface area contributed by atoms with Crippen molar-refractivity contribution in [3.63, 3.8) is 0 Å². The molecule has 0 N–H and O–H groups in total. The first kappa shape index (κ1) is 17.7. The molecule has 0 aliphatic carbocycles. The summed E-state index contributed by atoms with van der Waals surface area (Å²) in [5, 5.41) is 0. The van der Waals surface area contributed by atoms with Gasteiger partial charge in [-0.05, 0) is 44.3 Å². The number of hydrogen-bond acceptors (Lipinski definition) is 4. The SMILES string of the molecule is Cc1ccc([C@@H]2CN(CC(=O)N3CCOCC3)[C@H]3C4CCN(CC4)[C@@H]23)cc1. The molecule has 6 rings (SSSR count). The van der Waals surface area contributed by atoms with Crippen LogP contribution in [-0.4, -0.2) is 85.2 Å². The van der Waals surface area contributed by atoms with E-state index in [1.807, 2.05) is 4.90 Å². The van der Waals surface area contributed by atoms with Crippen molar-refractivity contribution in [3.8, 4) is 0 Å². The highest BCUT2D eigenvalue weighted by atomic mass is 16.5. The van der Waals surface area contributed by atoms with E-state index in [0.29, 0.717) is 37.8 Å². The molecule has 1 amide bonds. The number of amides is 1. The number of piperidine rings is 3. The summed E-state index contributed by atoms with van der Waals surface area (Å²) in [6, 6.07) is 10.2. The van der Waals surface area contributed by atoms with Crippen molar-refractivity contribution in [1.82, 2.24) is 14.7 Å². The third kappa shape index (κ3) is 3.20. The van der Waals surface area contributed by atoms with Gasteiger partial charge < -0.3 is 9.64 Å². The summed E-state index contributed by atoms with van der Waals surface area (Å²) in [5.74, 6) is 1.57. The minimum atomic E-state index is 0.290. The van der Waals surface area contributed by atoms with E-state index in [1.54, 1.807) is 0 Å². The number of aryl methyl sites for hydroxylation is 1. The number of likely N-dealkylation sites (tertiary alicyclic amines) is 1. The number of rotatable bonds is 3. The second-order valence-corrected chi connectivity index (χ2v) is 8.79. The molecular formula is C22H31N3O2. The van der Waals surface area contributed by atoms with Crippen molar-refractivity contribution < 1.29 is 9.53 Å². The lowest BCUT2D eigenvalue weighted by atomic mass is 9.75. The molecule has 27 heavy (non-hydrogen) atoms. The summed E-state index contributed by atoms with van der Waals surface area (Å²) in [6.07, 6.45) is 2.59. The van der Waals surface area contributed by atoms with Crippen LogP contribution in [0.4, 0.5) is 0 Å². The number of fused-ring (bicyclic) bond motifs is 2. The van der Waals surface area contributed by atoms with Gasteiger partial charge in [-0.25, -0.2) is 0 Å². The third-order valence-corrected chi connectivity index (χ3v) is 7.30. The Morgan fingerprint density at radius 2 is 1.74 bits per heavy atom. The molecule has 5 heterocycles. The normalized spacial score (nSPS) is 36.0. The Labute approximate surface area is 162 Å². The van der Waals surface area contributed by atoms with Crippen LogP contribution in [0.15, 0.2) is 24.3 Å². The number of morpholine rings is 1. The lowest BCUT2D eigenvalue weighted by Gasteiger charge is -2.51. The smallest absolute Gasteiger partial charge is 0.236 e. The second kappa shape index (κ2) is 7.19. The Balaban J connectivity index is 1.38. The molecule has 0 spiro atoms. The third-order valence-electron chi connectivity index (χ3n) is 7.30. The zero-order chi connectivity index (χ0) is 18.4. The largest absolute Gasteiger partial charge is 0.378 e. The highest BCUT2D eigenvalue weighted by Crippen LogP contribution is 2.46. The summed E-state index contributed by atoms with van der Waals surface area (Å²) < 4.78 is 5.42. The van der Waals surface area contributed by atoms with Crippen LogP contribution in [0.3, 0.4) is 0 Å². The van der Waals surface area contributed by atoms with Crippen LogP contribution < -0.4 is 0 Å².